The number of nitrogens with one attached hydrogen (secondary N) is 1. The van der Waals surface area contributed by atoms with E-state index in [1.165, 1.54) is 24.4 Å². The third kappa shape index (κ3) is 5.09. The van der Waals surface area contributed by atoms with Crippen LogP contribution in [-0.4, -0.2) is 32.3 Å². The van der Waals surface area contributed by atoms with Gasteiger partial charge in [0.2, 0.25) is 5.82 Å². The average Bonchev–Trinajstić information content (AvgIpc) is 3.12. The van der Waals surface area contributed by atoms with E-state index in [-0.39, 0.29) is 11.4 Å². The number of tetrazole rings is 1. The first-order chi connectivity index (χ1) is 13.8. The number of carbonyl (C=O) groups excluding carboxylic acids is 1. The molecule has 0 aliphatic rings. The smallest absolute Gasteiger partial charge is 0.271 e. The Kier molecular flexibility index (Phi) is 6.14. The standard InChI is InChI=1S/C17H11Cl2F3N6O/c18-13-6-3-7-14(19)11(13)8-23-24-15(29)9-28-26-16(25-27-28)10-4-1-2-5-12(10)17(20,21)22/h1-8H,9H2,(H,24,29)/b23-8-. The molecule has 1 amide bonds. The predicted octanol–water partition coefficient (Wildman–Crippen LogP) is 3.82. The molecule has 0 saturated carbocycles. The van der Waals surface area contributed by atoms with Gasteiger partial charge in [0, 0.05) is 11.1 Å². The van der Waals surface area contributed by atoms with E-state index >= 15 is 0 Å². The van der Waals surface area contributed by atoms with E-state index < -0.39 is 24.2 Å². The topological polar surface area (TPSA) is 85.1 Å². The summed E-state index contributed by atoms with van der Waals surface area (Å²) in [5.41, 5.74) is 1.51. The van der Waals surface area contributed by atoms with E-state index in [2.05, 4.69) is 25.9 Å². The largest absolute Gasteiger partial charge is 0.417 e. The van der Waals surface area contributed by atoms with E-state index in [9.17, 15) is 18.0 Å². The van der Waals surface area contributed by atoms with Gasteiger partial charge in [-0.2, -0.15) is 23.1 Å². The van der Waals surface area contributed by atoms with Gasteiger partial charge in [-0.05, 0) is 23.4 Å². The molecule has 0 saturated heterocycles. The number of alkyl halides is 3. The van der Waals surface area contributed by atoms with Crippen LogP contribution in [-0.2, 0) is 17.5 Å². The minimum atomic E-state index is -4.58. The summed E-state index contributed by atoms with van der Waals surface area (Å²) in [6.45, 7) is -0.408. The summed E-state index contributed by atoms with van der Waals surface area (Å²) in [5.74, 6) is -0.880. The number of benzene rings is 2. The monoisotopic (exact) mass is 442 g/mol. The highest BCUT2D eigenvalue weighted by molar-refractivity contribution is 6.38. The molecule has 1 aromatic heterocycles. The molecule has 7 nitrogen and oxygen atoms in total. The fourth-order valence-electron chi connectivity index (χ4n) is 2.31. The lowest BCUT2D eigenvalue weighted by molar-refractivity contribution is -0.137. The molecule has 0 bridgehead atoms. The molecule has 0 spiro atoms. The van der Waals surface area contributed by atoms with Gasteiger partial charge in [0.25, 0.3) is 5.91 Å². The van der Waals surface area contributed by atoms with Crippen LogP contribution >= 0.6 is 23.2 Å². The Labute approximate surface area is 172 Å². The van der Waals surface area contributed by atoms with E-state index in [1.54, 1.807) is 18.2 Å². The molecule has 12 heteroatoms. The minimum absolute atomic E-state index is 0.238. The van der Waals surface area contributed by atoms with Crippen LogP contribution in [0.25, 0.3) is 11.4 Å². The van der Waals surface area contributed by atoms with Crippen LogP contribution in [0.15, 0.2) is 47.6 Å². The van der Waals surface area contributed by atoms with Crippen molar-refractivity contribution in [2.24, 2.45) is 5.10 Å². The van der Waals surface area contributed by atoms with Crippen LogP contribution in [0.5, 0.6) is 0 Å². The first-order valence-electron chi connectivity index (χ1n) is 7.96. The van der Waals surface area contributed by atoms with Crippen molar-refractivity contribution in [3.63, 3.8) is 0 Å². The van der Waals surface area contributed by atoms with Gasteiger partial charge >= 0.3 is 6.18 Å². The second-order valence-corrected chi connectivity index (χ2v) is 6.43. The summed E-state index contributed by atoms with van der Waals surface area (Å²) in [7, 11) is 0. The Balaban J connectivity index is 1.68. The van der Waals surface area contributed by atoms with Crippen molar-refractivity contribution in [3.8, 4) is 11.4 Å². The SMILES string of the molecule is O=C(Cn1nnc(-c2ccccc2C(F)(F)F)n1)N/N=C\c1c(Cl)cccc1Cl. The quantitative estimate of drug-likeness (QED) is 0.480. The lowest BCUT2D eigenvalue weighted by Gasteiger charge is -2.09. The van der Waals surface area contributed by atoms with Gasteiger partial charge in [0.1, 0.15) is 6.54 Å². The van der Waals surface area contributed by atoms with E-state index in [0.29, 0.717) is 15.6 Å². The zero-order chi connectivity index (χ0) is 21.0. The normalized spacial score (nSPS) is 11.8. The number of amides is 1. The maximum Gasteiger partial charge on any atom is 0.417 e. The molecule has 29 heavy (non-hydrogen) atoms. The summed E-state index contributed by atoms with van der Waals surface area (Å²) in [4.78, 5) is 12.8. The van der Waals surface area contributed by atoms with Gasteiger partial charge in [-0.1, -0.05) is 47.5 Å². The Morgan fingerprint density at radius 3 is 2.52 bits per heavy atom. The van der Waals surface area contributed by atoms with Crippen LogP contribution < -0.4 is 5.43 Å². The molecule has 3 rings (SSSR count). The lowest BCUT2D eigenvalue weighted by Crippen LogP contribution is -2.24. The fraction of sp³-hybridized carbons (Fsp3) is 0.118. The molecule has 1 heterocycles. The molecular weight excluding hydrogens is 432 g/mol. The molecule has 1 N–H and O–H groups in total. The molecular formula is C17H11Cl2F3N6O. The fourth-order valence-corrected chi connectivity index (χ4v) is 2.81. The van der Waals surface area contributed by atoms with Crippen molar-refractivity contribution < 1.29 is 18.0 Å². The summed E-state index contributed by atoms with van der Waals surface area (Å²) in [6, 6.07) is 9.69. The predicted molar refractivity (Wildman–Crippen MR) is 100 cm³/mol. The molecule has 3 aromatic rings. The first-order valence-corrected chi connectivity index (χ1v) is 8.71. The van der Waals surface area contributed by atoms with Gasteiger partial charge in [-0.15, -0.1) is 10.2 Å². The first kappa shape index (κ1) is 20.7. The number of aromatic nitrogens is 4. The van der Waals surface area contributed by atoms with Crippen LogP contribution in [0.4, 0.5) is 13.2 Å². The number of carbonyl (C=O) groups is 1. The van der Waals surface area contributed by atoms with E-state index in [4.69, 9.17) is 23.2 Å². The van der Waals surface area contributed by atoms with Crippen LogP contribution in [0.2, 0.25) is 10.0 Å². The Morgan fingerprint density at radius 1 is 1.14 bits per heavy atom. The number of hydrazone groups is 1. The minimum Gasteiger partial charge on any atom is -0.271 e. The van der Waals surface area contributed by atoms with E-state index in [1.807, 2.05) is 0 Å². The number of rotatable bonds is 5. The number of hydrogen-bond acceptors (Lipinski definition) is 5. The van der Waals surface area contributed by atoms with Crippen LogP contribution in [0, 0.1) is 0 Å². The molecule has 0 atom stereocenters. The zero-order valence-electron chi connectivity index (χ0n) is 14.4. The number of nitrogens with zero attached hydrogens (tertiary/aromatic N) is 5. The second-order valence-electron chi connectivity index (χ2n) is 5.62. The van der Waals surface area contributed by atoms with Crippen LogP contribution in [0.1, 0.15) is 11.1 Å². The molecule has 2 aromatic carbocycles. The molecule has 0 radical (unpaired) electrons. The van der Waals surface area contributed by atoms with Gasteiger partial charge < -0.3 is 0 Å². The summed E-state index contributed by atoms with van der Waals surface area (Å²) in [5, 5.41) is 15.5. The third-order valence-electron chi connectivity index (χ3n) is 3.59. The lowest BCUT2D eigenvalue weighted by atomic mass is 10.1. The van der Waals surface area contributed by atoms with Crippen molar-refractivity contribution >= 4 is 35.3 Å². The number of halogens is 5. The summed E-state index contributed by atoms with van der Waals surface area (Å²) >= 11 is 12.0. The van der Waals surface area contributed by atoms with Crippen molar-refractivity contribution in [2.45, 2.75) is 12.7 Å². The molecule has 0 fully saturated rings. The van der Waals surface area contributed by atoms with Gasteiger partial charge in [0.05, 0.1) is 21.8 Å². The zero-order valence-corrected chi connectivity index (χ0v) is 15.9. The summed E-state index contributed by atoms with van der Waals surface area (Å²) in [6.07, 6.45) is -3.31. The van der Waals surface area contributed by atoms with Crippen molar-refractivity contribution in [1.82, 2.24) is 25.6 Å². The van der Waals surface area contributed by atoms with Gasteiger partial charge in [0.15, 0.2) is 0 Å². The highest BCUT2D eigenvalue weighted by Crippen LogP contribution is 2.35. The molecule has 0 aliphatic carbocycles. The highest BCUT2D eigenvalue weighted by atomic mass is 35.5. The van der Waals surface area contributed by atoms with Crippen LogP contribution in [0.3, 0.4) is 0 Å². The van der Waals surface area contributed by atoms with Crippen molar-refractivity contribution in [1.29, 1.82) is 0 Å². The molecule has 150 valence electrons. The maximum atomic E-state index is 13.1. The number of hydrogen-bond donors (Lipinski definition) is 1. The average molecular weight is 443 g/mol. The Hall–Kier alpha value is -2.98. The maximum absolute atomic E-state index is 13.1. The van der Waals surface area contributed by atoms with Gasteiger partial charge in [-0.25, -0.2) is 5.43 Å². The highest BCUT2D eigenvalue weighted by Gasteiger charge is 2.34. The third-order valence-corrected chi connectivity index (χ3v) is 4.25. The van der Waals surface area contributed by atoms with Gasteiger partial charge in [-0.3, -0.25) is 4.79 Å². The van der Waals surface area contributed by atoms with Crippen molar-refractivity contribution in [2.75, 3.05) is 0 Å². The summed E-state index contributed by atoms with van der Waals surface area (Å²) < 4.78 is 39.3. The van der Waals surface area contributed by atoms with E-state index in [0.717, 1.165) is 10.9 Å². The Morgan fingerprint density at radius 2 is 1.83 bits per heavy atom. The van der Waals surface area contributed by atoms with Crippen molar-refractivity contribution in [3.05, 3.63) is 63.6 Å². The Bertz CT molecular complexity index is 1050. The molecule has 0 unspecified atom stereocenters. The second kappa shape index (κ2) is 8.58. The molecule has 0 aliphatic heterocycles.